The smallest absolute Gasteiger partial charge is 0.141 e. The zero-order valence-electron chi connectivity index (χ0n) is 8.99. The molecule has 1 aromatic rings. The Hall–Kier alpha value is -1.42. The van der Waals surface area contributed by atoms with Crippen molar-refractivity contribution in [2.75, 3.05) is 6.61 Å². The maximum atomic E-state index is 7.25. The molecule has 3 N–H and O–H groups in total. The fourth-order valence-electron chi connectivity index (χ4n) is 1.15. The summed E-state index contributed by atoms with van der Waals surface area (Å²) >= 11 is 0. The number of nitrogens with one attached hydrogen (secondary N) is 1. The molecule has 0 bridgehead atoms. The summed E-state index contributed by atoms with van der Waals surface area (Å²) in [7, 11) is 0. The summed E-state index contributed by atoms with van der Waals surface area (Å²) in [6.45, 7) is 3.46. The molecule has 0 atom stereocenters. The van der Waals surface area contributed by atoms with Gasteiger partial charge in [-0.25, -0.2) is 0 Å². The third-order valence-corrected chi connectivity index (χ3v) is 2.01. The van der Waals surface area contributed by atoms with Crippen molar-refractivity contribution in [3.63, 3.8) is 0 Å². The topological polar surface area (TPSA) is 72.0 Å². The maximum Gasteiger partial charge on any atom is 0.141 e. The molecule has 0 spiro atoms. The molecule has 0 amide bonds. The van der Waals surface area contributed by atoms with Gasteiger partial charge in [0.1, 0.15) is 11.5 Å². The first kappa shape index (κ1) is 11.7. The SMILES string of the molecule is CCCCOCc1ccnc(C(=N)N)c1. The van der Waals surface area contributed by atoms with E-state index >= 15 is 0 Å². The van der Waals surface area contributed by atoms with Crippen LogP contribution in [-0.4, -0.2) is 17.4 Å². The van der Waals surface area contributed by atoms with Crippen LogP contribution in [0.2, 0.25) is 0 Å². The molecule has 0 unspecified atom stereocenters. The van der Waals surface area contributed by atoms with Crippen molar-refractivity contribution in [3.05, 3.63) is 29.6 Å². The minimum absolute atomic E-state index is 0.00888. The Morgan fingerprint density at radius 1 is 1.60 bits per heavy atom. The molecule has 0 fully saturated rings. The summed E-state index contributed by atoms with van der Waals surface area (Å²) in [5.74, 6) is -0.00888. The molecule has 15 heavy (non-hydrogen) atoms. The monoisotopic (exact) mass is 207 g/mol. The normalized spacial score (nSPS) is 10.2. The highest BCUT2D eigenvalue weighted by Gasteiger charge is 1.99. The van der Waals surface area contributed by atoms with E-state index in [-0.39, 0.29) is 5.84 Å². The van der Waals surface area contributed by atoms with Crippen molar-refractivity contribution >= 4 is 5.84 Å². The Morgan fingerprint density at radius 2 is 2.40 bits per heavy atom. The molecule has 1 heterocycles. The van der Waals surface area contributed by atoms with E-state index in [0.29, 0.717) is 12.3 Å². The Kier molecular flexibility index (Phi) is 4.77. The molecule has 0 radical (unpaired) electrons. The van der Waals surface area contributed by atoms with Gasteiger partial charge in [0.2, 0.25) is 0 Å². The summed E-state index contributed by atoms with van der Waals surface area (Å²) in [5.41, 5.74) is 6.85. The van der Waals surface area contributed by atoms with Crippen molar-refractivity contribution in [2.24, 2.45) is 5.73 Å². The Bertz CT molecular complexity index is 325. The van der Waals surface area contributed by atoms with E-state index in [1.807, 2.05) is 6.07 Å². The van der Waals surface area contributed by atoms with Crippen LogP contribution in [-0.2, 0) is 11.3 Å². The number of rotatable bonds is 6. The van der Waals surface area contributed by atoms with Gasteiger partial charge < -0.3 is 10.5 Å². The zero-order valence-corrected chi connectivity index (χ0v) is 8.99. The molecule has 1 aromatic heterocycles. The van der Waals surface area contributed by atoms with Crippen molar-refractivity contribution < 1.29 is 4.74 Å². The lowest BCUT2D eigenvalue weighted by Gasteiger charge is -2.04. The molecular formula is C11H17N3O. The Morgan fingerprint density at radius 3 is 3.07 bits per heavy atom. The lowest BCUT2D eigenvalue weighted by atomic mass is 10.2. The second-order valence-corrected chi connectivity index (χ2v) is 3.37. The first-order valence-electron chi connectivity index (χ1n) is 5.11. The second-order valence-electron chi connectivity index (χ2n) is 3.37. The van der Waals surface area contributed by atoms with Crippen molar-refractivity contribution in [1.29, 1.82) is 5.41 Å². The van der Waals surface area contributed by atoms with Gasteiger partial charge in [0.05, 0.1) is 6.61 Å². The van der Waals surface area contributed by atoms with E-state index in [1.165, 1.54) is 0 Å². The number of pyridine rings is 1. The lowest BCUT2D eigenvalue weighted by Crippen LogP contribution is -2.13. The number of amidine groups is 1. The van der Waals surface area contributed by atoms with E-state index < -0.39 is 0 Å². The summed E-state index contributed by atoms with van der Waals surface area (Å²) in [6, 6.07) is 3.66. The predicted octanol–water partition coefficient (Wildman–Crippen LogP) is 1.68. The standard InChI is InChI=1S/C11H17N3O/c1-2-3-6-15-8-9-4-5-14-10(7-9)11(12)13/h4-5,7H,2-3,6,8H2,1H3,(H3,12,13). The summed E-state index contributed by atoms with van der Waals surface area (Å²) in [6.07, 6.45) is 3.86. The minimum Gasteiger partial charge on any atom is -0.382 e. The van der Waals surface area contributed by atoms with Crippen molar-refractivity contribution in [3.8, 4) is 0 Å². The fourth-order valence-corrected chi connectivity index (χ4v) is 1.15. The molecule has 4 heteroatoms. The largest absolute Gasteiger partial charge is 0.382 e. The van der Waals surface area contributed by atoms with Crippen LogP contribution in [0.5, 0.6) is 0 Å². The highest BCUT2D eigenvalue weighted by Crippen LogP contribution is 2.03. The van der Waals surface area contributed by atoms with Gasteiger partial charge in [0.25, 0.3) is 0 Å². The third kappa shape index (κ3) is 4.08. The summed E-state index contributed by atoms with van der Waals surface area (Å²) in [5, 5.41) is 7.25. The second kappa shape index (κ2) is 6.14. The first-order chi connectivity index (χ1) is 7.24. The molecule has 4 nitrogen and oxygen atoms in total. The number of ether oxygens (including phenoxy) is 1. The molecule has 0 aromatic carbocycles. The molecule has 0 aliphatic heterocycles. The maximum absolute atomic E-state index is 7.25. The number of nitrogens with two attached hydrogens (primary N) is 1. The van der Waals surface area contributed by atoms with Crippen LogP contribution < -0.4 is 5.73 Å². The van der Waals surface area contributed by atoms with Crippen LogP contribution in [0.1, 0.15) is 31.0 Å². The van der Waals surface area contributed by atoms with Gasteiger partial charge in [-0.1, -0.05) is 13.3 Å². The van der Waals surface area contributed by atoms with Crippen LogP contribution in [0.25, 0.3) is 0 Å². The average molecular weight is 207 g/mol. The van der Waals surface area contributed by atoms with E-state index in [9.17, 15) is 0 Å². The third-order valence-electron chi connectivity index (χ3n) is 2.01. The molecule has 0 aliphatic rings. The van der Waals surface area contributed by atoms with Gasteiger partial charge in [-0.05, 0) is 24.1 Å². The van der Waals surface area contributed by atoms with Crippen LogP contribution in [0.4, 0.5) is 0 Å². The zero-order chi connectivity index (χ0) is 11.1. The van der Waals surface area contributed by atoms with Crippen molar-refractivity contribution in [2.45, 2.75) is 26.4 Å². The van der Waals surface area contributed by atoms with E-state index in [4.69, 9.17) is 15.9 Å². The van der Waals surface area contributed by atoms with E-state index in [1.54, 1.807) is 12.3 Å². The highest BCUT2D eigenvalue weighted by molar-refractivity contribution is 5.93. The molecule has 1 rings (SSSR count). The van der Waals surface area contributed by atoms with Crippen LogP contribution in [0.15, 0.2) is 18.3 Å². The van der Waals surface area contributed by atoms with Crippen LogP contribution in [0.3, 0.4) is 0 Å². The van der Waals surface area contributed by atoms with Crippen LogP contribution >= 0.6 is 0 Å². The van der Waals surface area contributed by atoms with Gasteiger partial charge in [0.15, 0.2) is 0 Å². The number of aromatic nitrogens is 1. The summed E-state index contributed by atoms with van der Waals surface area (Å²) in [4.78, 5) is 3.98. The fraction of sp³-hybridized carbons (Fsp3) is 0.455. The van der Waals surface area contributed by atoms with Gasteiger partial charge in [-0.3, -0.25) is 10.4 Å². The number of hydrogen-bond acceptors (Lipinski definition) is 3. The number of nitrogen functional groups attached to an aromatic ring is 1. The average Bonchev–Trinajstić information content (AvgIpc) is 2.25. The quantitative estimate of drug-likeness (QED) is 0.423. The van der Waals surface area contributed by atoms with Crippen LogP contribution in [0, 0.1) is 5.41 Å². The predicted molar refractivity (Wildman–Crippen MR) is 59.8 cm³/mol. The molecule has 0 saturated carbocycles. The number of hydrogen-bond donors (Lipinski definition) is 2. The number of nitrogens with zero attached hydrogens (tertiary/aromatic N) is 1. The molecule has 0 aliphatic carbocycles. The van der Waals surface area contributed by atoms with E-state index in [0.717, 1.165) is 25.0 Å². The number of unbranched alkanes of at least 4 members (excludes halogenated alkanes) is 1. The first-order valence-corrected chi connectivity index (χ1v) is 5.11. The minimum atomic E-state index is -0.00888. The summed E-state index contributed by atoms with van der Waals surface area (Å²) < 4.78 is 5.46. The molecular weight excluding hydrogens is 190 g/mol. The van der Waals surface area contributed by atoms with E-state index in [2.05, 4.69) is 11.9 Å². The Balaban J connectivity index is 2.47. The Labute approximate surface area is 90.0 Å². The molecule has 82 valence electrons. The van der Waals surface area contributed by atoms with Gasteiger partial charge in [0, 0.05) is 12.8 Å². The van der Waals surface area contributed by atoms with Gasteiger partial charge in [-0.2, -0.15) is 0 Å². The van der Waals surface area contributed by atoms with Gasteiger partial charge in [-0.15, -0.1) is 0 Å². The molecule has 0 saturated heterocycles. The lowest BCUT2D eigenvalue weighted by molar-refractivity contribution is 0.118. The van der Waals surface area contributed by atoms with Crippen molar-refractivity contribution in [1.82, 2.24) is 4.98 Å². The van der Waals surface area contributed by atoms with Gasteiger partial charge >= 0.3 is 0 Å². The highest BCUT2D eigenvalue weighted by atomic mass is 16.5.